The SMILES string of the molecule is CC1(c2ccc(N3CCOCC3)cc2)CC1. The lowest BCUT2D eigenvalue weighted by atomic mass is 9.98. The highest BCUT2D eigenvalue weighted by molar-refractivity contribution is 5.49. The maximum atomic E-state index is 5.37. The van der Waals surface area contributed by atoms with Gasteiger partial charge in [0.25, 0.3) is 0 Å². The first-order chi connectivity index (χ1) is 7.78. The normalized spacial score (nSPS) is 23.2. The number of nitrogens with zero attached hydrogens (tertiary/aromatic N) is 1. The molecule has 0 spiro atoms. The third-order valence-electron chi connectivity index (χ3n) is 3.94. The Labute approximate surface area is 97.2 Å². The van der Waals surface area contributed by atoms with Crippen molar-refractivity contribution in [1.29, 1.82) is 0 Å². The first-order valence-corrected chi connectivity index (χ1v) is 6.21. The minimum absolute atomic E-state index is 0.490. The Morgan fingerprint density at radius 3 is 2.25 bits per heavy atom. The van der Waals surface area contributed by atoms with Gasteiger partial charge in [0, 0.05) is 18.8 Å². The Hall–Kier alpha value is -1.02. The molecule has 1 aliphatic heterocycles. The lowest BCUT2D eigenvalue weighted by Crippen LogP contribution is -2.36. The summed E-state index contributed by atoms with van der Waals surface area (Å²) in [5, 5.41) is 0. The topological polar surface area (TPSA) is 12.5 Å². The third-order valence-corrected chi connectivity index (χ3v) is 3.94. The van der Waals surface area contributed by atoms with E-state index in [0.29, 0.717) is 5.41 Å². The smallest absolute Gasteiger partial charge is 0.0642 e. The molecular formula is C14H19NO. The van der Waals surface area contributed by atoms with Gasteiger partial charge in [0.05, 0.1) is 13.2 Å². The Kier molecular flexibility index (Phi) is 2.40. The van der Waals surface area contributed by atoms with Gasteiger partial charge in [-0.05, 0) is 36.0 Å². The van der Waals surface area contributed by atoms with Crippen LogP contribution in [0.25, 0.3) is 0 Å². The summed E-state index contributed by atoms with van der Waals surface area (Å²) in [6.45, 7) is 6.13. The largest absolute Gasteiger partial charge is 0.378 e. The van der Waals surface area contributed by atoms with E-state index in [-0.39, 0.29) is 0 Å². The van der Waals surface area contributed by atoms with Crippen LogP contribution in [-0.4, -0.2) is 26.3 Å². The molecule has 1 aromatic rings. The lowest BCUT2D eigenvalue weighted by molar-refractivity contribution is 0.122. The van der Waals surface area contributed by atoms with Crippen molar-refractivity contribution in [2.24, 2.45) is 0 Å². The van der Waals surface area contributed by atoms with Gasteiger partial charge in [-0.15, -0.1) is 0 Å². The van der Waals surface area contributed by atoms with Gasteiger partial charge in [-0.25, -0.2) is 0 Å². The van der Waals surface area contributed by atoms with Crippen molar-refractivity contribution in [1.82, 2.24) is 0 Å². The molecule has 2 fully saturated rings. The van der Waals surface area contributed by atoms with Gasteiger partial charge in [-0.3, -0.25) is 0 Å². The summed E-state index contributed by atoms with van der Waals surface area (Å²) in [6, 6.07) is 9.14. The second-order valence-electron chi connectivity index (χ2n) is 5.21. The summed E-state index contributed by atoms with van der Waals surface area (Å²) in [4.78, 5) is 2.41. The number of hydrogen-bond donors (Lipinski definition) is 0. The molecule has 1 saturated carbocycles. The van der Waals surface area contributed by atoms with Crippen molar-refractivity contribution >= 4 is 5.69 Å². The standard InChI is InChI=1S/C14H19NO/c1-14(6-7-14)12-2-4-13(5-3-12)15-8-10-16-11-9-15/h2-5H,6-11H2,1H3. The maximum Gasteiger partial charge on any atom is 0.0642 e. The molecule has 0 atom stereocenters. The zero-order chi connectivity index (χ0) is 11.0. The van der Waals surface area contributed by atoms with Crippen LogP contribution < -0.4 is 4.90 Å². The lowest BCUT2D eigenvalue weighted by Gasteiger charge is -2.29. The predicted molar refractivity (Wildman–Crippen MR) is 66.1 cm³/mol. The second kappa shape index (κ2) is 3.77. The molecule has 2 heteroatoms. The molecule has 0 aromatic heterocycles. The zero-order valence-corrected chi connectivity index (χ0v) is 9.91. The molecule has 2 nitrogen and oxygen atoms in total. The van der Waals surface area contributed by atoms with Crippen LogP contribution >= 0.6 is 0 Å². The molecule has 1 aliphatic carbocycles. The highest BCUT2D eigenvalue weighted by Crippen LogP contribution is 2.47. The van der Waals surface area contributed by atoms with Crippen molar-refractivity contribution in [2.75, 3.05) is 31.2 Å². The van der Waals surface area contributed by atoms with Gasteiger partial charge in [0.1, 0.15) is 0 Å². The average molecular weight is 217 g/mol. The molecule has 0 bridgehead atoms. The van der Waals surface area contributed by atoms with E-state index in [0.717, 1.165) is 26.3 Å². The Bertz CT molecular complexity index is 361. The van der Waals surface area contributed by atoms with Gasteiger partial charge < -0.3 is 9.64 Å². The minimum Gasteiger partial charge on any atom is -0.378 e. The number of ether oxygens (including phenoxy) is 1. The first-order valence-electron chi connectivity index (χ1n) is 6.21. The summed E-state index contributed by atoms with van der Waals surface area (Å²) in [5.41, 5.74) is 3.34. The van der Waals surface area contributed by atoms with Crippen molar-refractivity contribution in [2.45, 2.75) is 25.2 Å². The quantitative estimate of drug-likeness (QED) is 0.755. The van der Waals surface area contributed by atoms with Crippen molar-refractivity contribution in [3.63, 3.8) is 0 Å². The van der Waals surface area contributed by atoms with E-state index in [4.69, 9.17) is 4.74 Å². The average Bonchev–Trinajstić information content (AvgIpc) is 3.10. The minimum atomic E-state index is 0.490. The molecular weight excluding hydrogens is 198 g/mol. The monoisotopic (exact) mass is 217 g/mol. The van der Waals surface area contributed by atoms with Crippen LogP contribution in [0.2, 0.25) is 0 Å². The van der Waals surface area contributed by atoms with E-state index in [1.807, 2.05) is 0 Å². The maximum absolute atomic E-state index is 5.37. The summed E-state index contributed by atoms with van der Waals surface area (Å²) >= 11 is 0. The highest BCUT2D eigenvalue weighted by Gasteiger charge is 2.38. The fourth-order valence-electron chi connectivity index (χ4n) is 2.37. The molecule has 2 aliphatic rings. The van der Waals surface area contributed by atoms with Gasteiger partial charge >= 0.3 is 0 Å². The molecule has 1 saturated heterocycles. The number of hydrogen-bond acceptors (Lipinski definition) is 2. The summed E-state index contributed by atoms with van der Waals surface area (Å²) in [5.74, 6) is 0. The molecule has 3 rings (SSSR count). The summed E-state index contributed by atoms with van der Waals surface area (Å²) in [6.07, 6.45) is 2.70. The van der Waals surface area contributed by atoms with Gasteiger partial charge in [-0.1, -0.05) is 19.1 Å². The fourth-order valence-corrected chi connectivity index (χ4v) is 2.37. The van der Waals surface area contributed by atoms with Gasteiger partial charge in [0.15, 0.2) is 0 Å². The Morgan fingerprint density at radius 1 is 1.06 bits per heavy atom. The number of anilines is 1. The van der Waals surface area contributed by atoms with Crippen LogP contribution in [0.5, 0.6) is 0 Å². The molecule has 0 amide bonds. The Balaban J connectivity index is 1.76. The van der Waals surface area contributed by atoms with Crippen LogP contribution in [0.1, 0.15) is 25.3 Å². The third kappa shape index (κ3) is 1.82. The van der Waals surface area contributed by atoms with E-state index < -0.39 is 0 Å². The van der Waals surface area contributed by atoms with Crippen LogP contribution in [0, 0.1) is 0 Å². The fraction of sp³-hybridized carbons (Fsp3) is 0.571. The highest BCUT2D eigenvalue weighted by atomic mass is 16.5. The molecule has 0 radical (unpaired) electrons. The van der Waals surface area contributed by atoms with E-state index in [9.17, 15) is 0 Å². The number of benzene rings is 1. The summed E-state index contributed by atoms with van der Waals surface area (Å²) < 4.78 is 5.37. The zero-order valence-electron chi connectivity index (χ0n) is 9.91. The molecule has 1 aromatic carbocycles. The summed E-state index contributed by atoms with van der Waals surface area (Å²) in [7, 11) is 0. The first kappa shape index (κ1) is 10.2. The molecule has 1 heterocycles. The number of rotatable bonds is 2. The van der Waals surface area contributed by atoms with Crippen LogP contribution in [-0.2, 0) is 10.2 Å². The van der Waals surface area contributed by atoms with E-state index in [1.165, 1.54) is 24.1 Å². The molecule has 16 heavy (non-hydrogen) atoms. The second-order valence-corrected chi connectivity index (χ2v) is 5.21. The van der Waals surface area contributed by atoms with Crippen molar-refractivity contribution in [3.8, 4) is 0 Å². The predicted octanol–water partition coefficient (Wildman–Crippen LogP) is 2.57. The van der Waals surface area contributed by atoms with Crippen LogP contribution in [0.15, 0.2) is 24.3 Å². The van der Waals surface area contributed by atoms with Gasteiger partial charge in [0.2, 0.25) is 0 Å². The van der Waals surface area contributed by atoms with Gasteiger partial charge in [-0.2, -0.15) is 0 Å². The molecule has 0 N–H and O–H groups in total. The Morgan fingerprint density at radius 2 is 1.69 bits per heavy atom. The van der Waals surface area contributed by atoms with Crippen molar-refractivity contribution in [3.05, 3.63) is 29.8 Å². The number of morpholine rings is 1. The van der Waals surface area contributed by atoms with E-state index >= 15 is 0 Å². The molecule has 86 valence electrons. The van der Waals surface area contributed by atoms with E-state index in [1.54, 1.807) is 0 Å². The molecule has 0 unspecified atom stereocenters. The van der Waals surface area contributed by atoms with Crippen LogP contribution in [0.4, 0.5) is 5.69 Å². The van der Waals surface area contributed by atoms with Crippen LogP contribution in [0.3, 0.4) is 0 Å². The van der Waals surface area contributed by atoms with Crippen molar-refractivity contribution < 1.29 is 4.74 Å². The van der Waals surface area contributed by atoms with E-state index in [2.05, 4.69) is 36.1 Å².